The molecule has 2 aromatic heterocycles. The average molecular weight is 383 g/mol. The molecule has 1 N–H and O–H groups in total. The van der Waals surface area contributed by atoms with Gasteiger partial charge in [-0.2, -0.15) is 5.10 Å². The first-order chi connectivity index (χ1) is 13.7. The Morgan fingerprint density at radius 2 is 1.71 bits per heavy atom. The summed E-state index contributed by atoms with van der Waals surface area (Å²) in [4.78, 5) is 12.8. The molecule has 2 heterocycles. The van der Waals surface area contributed by atoms with Crippen molar-refractivity contribution in [2.24, 2.45) is 0 Å². The summed E-state index contributed by atoms with van der Waals surface area (Å²) in [7, 11) is 0. The van der Waals surface area contributed by atoms with E-state index in [4.69, 9.17) is 14.2 Å². The molecule has 0 aliphatic carbocycles. The monoisotopic (exact) mass is 383 g/mol. The molecule has 0 radical (unpaired) electrons. The molecule has 148 valence electrons. The van der Waals surface area contributed by atoms with Crippen LogP contribution in [0.1, 0.15) is 36.7 Å². The average Bonchev–Trinajstić information content (AvgIpc) is 3.12. The van der Waals surface area contributed by atoms with E-state index in [0.29, 0.717) is 49.2 Å². The fourth-order valence-electron chi connectivity index (χ4n) is 2.92. The van der Waals surface area contributed by atoms with Crippen LogP contribution in [0.15, 0.2) is 42.7 Å². The second-order valence-electron chi connectivity index (χ2n) is 5.98. The Kier molecular flexibility index (Phi) is 6.37. The fourth-order valence-corrected chi connectivity index (χ4v) is 2.92. The molecule has 1 aromatic carbocycles. The van der Waals surface area contributed by atoms with E-state index in [0.717, 1.165) is 11.1 Å². The molecule has 0 saturated carbocycles. The molecule has 0 spiro atoms. The third-order valence-electron chi connectivity index (χ3n) is 4.12. The van der Waals surface area contributed by atoms with Crippen molar-refractivity contribution in [3.8, 4) is 17.2 Å². The first-order valence-electron chi connectivity index (χ1n) is 9.43. The third-order valence-corrected chi connectivity index (χ3v) is 4.12. The molecule has 28 heavy (non-hydrogen) atoms. The van der Waals surface area contributed by atoms with Crippen LogP contribution >= 0.6 is 0 Å². The number of amides is 1. The number of pyridine rings is 1. The molecule has 0 saturated heterocycles. The van der Waals surface area contributed by atoms with Gasteiger partial charge >= 0.3 is 0 Å². The van der Waals surface area contributed by atoms with Crippen LogP contribution < -0.4 is 19.5 Å². The van der Waals surface area contributed by atoms with Gasteiger partial charge in [0.2, 0.25) is 5.75 Å². The van der Waals surface area contributed by atoms with E-state index >= 15 is 0 Å². The van der Waals surface area contributed by atoms with Gasteiger partial charge in [0.05, 0.1) is 31.5 Å². The zero-order chi connectivity index (χ0) is 19.9. The van der Waals surface area contributed by atoms with Crippen molar-refractivity contribution >= 4 is 11.4 Å². The maximum atomic E-state index is 12.8. The third kappa shape index (κ3) is 4.19. The smallest absolute Gasteiger partial charge is 0.251 e. The molecule has 0 bridgehead atoms. The molecule has 1 amide bonds. The summed E-state index contributed by atoms with van der Waals surface area (Å²) in [5, 5.41) is 7.23. The molecule has 0 unspecified atom stereocenters. The lowest BCUT2D eigenvalue weighted by Gasteiger charge is -2.17. The van der Waals surface area contributed by atoms with Crippen LogP contribution in [0.25, 0.3) is 5.52 Å². The zero-order valence-electron chi connectivity index (χ0n) is 16.4. The molecular weight excluding hydrogens is 358 g/mol. The Morgan fingerprint density at radius 3 is 2.36 bits per heavy atom. The second-order valence-corrected chi connectivity index (χ2v) is 5.98. The van der Waals surface area contributed by atoms with Crippen molar-refractivity contribution in [1.29, 1.82) is 0 Å². The highest BCUT2D eigenvalue weighted by Crippen LogP contribution is 2.39. The first kappa shape index (κ1) is 19.5. The predicted molar refractivity (Wildman–Crippen MR) is 106 cm³/mol. The van der Waals surface area contributed by atoms with Gasteiger partial charge in [0, 0.05) is 23.9 Å². The van der Waals surface area contributed by atoms with E-state index in [-0.39, 0.29) is 5.91 Å². The van der Waals surface area contributed by atoms with Gasteiger partial charge in [-0.15, -0.1) is 0 Å². The minimum atomic E-state index is -0.222. The summed E-state index contributed by atoms with van der Waals surface area (Å²) in [6, 6.07) is 9.18. The Labute approximate surface area is 164 Å². The van der Waals surface area contributed by atoms with Crippen LogP contribution in [-0.2, 0) is 6.54 Å². The topological polar surface area (TPSA) is 74.1 Å². The normalized spacial score (nSPS) is 10.7. The van der Waals surface area contributed by atoms with Crippen molar-refractivity contribution in [3.63, 3.8) is 0 Å². The van der Waals surface area contributed by atoms with Crippen LogP contribution in [0.5, 0.6) is 17.2 Å². The number of nitrogens with one attached hydrogen (secondary N) is 1. The van der Waals surface area contributed by atoms with Crippen molar-refractivity contribution < 1.29 is 19.0 Å². The zero-order valence-corrected chi connectivity index (χ0v) is 16.4. The number of hydrogen-bond donors (Lipinski definition) is 1. The molecule has 3 aromatic rings. The van der Waals surface area contributed by atoms with E-state index in [1.165, 1.54) is 0 Å². The standard InChI is InChI=1S/C21H25N3O4/c1-4-26-18-11-15(12-19(27-5-2)20(18)28-6-3)21(25)22-13-16-14-23-24-10-8-7-9-17(16)24/h7-12,14H,4-6,13H2,1-3H3,(H,22,25). The summed E-state index contributed by atoms with van der Waals surface area (Å²) < 4.78 is 18.8. The molecule has 0 aliphatic rings. The van der Waals surface area contributed by atoms with Gasteiger partial charge in [-0.1, -0.05) is 6.07 Å². The van der Waals surface area contributed by atoms with Gasteiger partial charge in [0.15, 0.2) is 11.5 Å². The van der Waals surface area contributed by atoms with Crippen LogP contribution in [0, 0.1) is 0 Å². The van der Waals surface area contributed by atoms with Gasteiger partial charge in [-0.3, -0.25) is 4.79 Å². The van der Waals surface area contributed by atoms with Crippen molar-refractivity contribution in [2.45, 2.75) is 27.3 Å². The number of rotatable bonds is 9. The van der Waals surface area contributed by atoms with Crippen LogP contribution in [0.3, 0.4) is 0 Å². The van der Waals surface area contributed by atoms with Gasteiger partial charge in [-0.25, -0.2) is 4.52 Å². The van der Waals surface area contributed by atoms with Gasteiger partial charge in [-0.05, 0) is 45.0 Å². The minimum Gasteiger partial charge on any atom is -0.490 e. The lowest BCUT2D eigenvalue weighted by molar-refractivity contribution is 0.0950. The molecule has 0 aliphatic heterocycles. The summed E-state index contributed by atoms with van der Waals surface area (Å²) in [5.74, 6) is 1.29. The number of nitrogens with zero attached hydrogens (tertiary/aromatic N) is 2. The number of carbonyl (C=O) groups excluding carboxylic acids is 1. The highest BCUT2D eigenvalue weighted by Gasteiger charge is 2.18. The highest BCUT2D eigenvalue weighted by atomic mass is 16.5. The first-order valence-corrected chi connectivity index (χ1v) is 9.43. The quantitative estimate of drug-likeness (QED) is 0.613. The van der Waals surface area contributed by atoms with E-state index in [1.807, 2.05) is 45.2 Å². The molecule has 0 fully saturated rings. The fraction of sp³-hybridized carbons (Fsp3) is 0.333. The summed E-state index contributed by atoms with van der Waals surface area (Å²) >= 11 is 0. The second kappa shape index (κ2) is 9.12. The van der Waals surface area contributed by atoms with Gasteiger partial charge in [0.25, 0.3) is 5.91 Å². The molecule has 0 atom stereocenters. The largest absolute Gasteiger partial charge is 0.490 e. The van der Waals surface area contributed by atoms with Crippen LogP contribution in [0.4, 0.5) is 0 Å². The highest BCUT2D eigenvalue weighted by molar-refractivity contribution is 5.95. The maximum Gasteiger partial charge on any atom is 0.251 e. The Hall–Kier alpha value is -3.22. The van der Waals surface area contributed by atoms with Crippen LogP contribution in [-0.4, -0.2) is 35.3 Å². The number of benzene rings is 1. The summed E-state index contributed by atoms with van der Waals surface area (Å²) in [5.41, 5.74) is 2.35. The van der Waals surface area contributed by atoms with Gasteiger partial charge < -0.3 is 19.5 Å². The van der Waals surface area contributed by atoms with Crippen LogP contribution in [0.2, 0.25) is 0 Å². The van der Waals surface area contributed by atoms with Crippen molar-refractivity contribution in [2.75, 3.05) is 19.8 Å². The van der Waals surface area contributed by atoms with E-state index < -0.39 is 0 Å². The van der Waals surface area contributed by atoms with E-state index in [9.17, 15) is 4.79 Å². The number of fused-ring (bicyclic) bond motifs is 1. The molecule has 3 rings (SSSR count). The molecular formula is C21H25N3O4. The summed E-state index contributed by atoms with van der Waals surface area (Å²) in [6.07, 6.45) is 3.63. The molecule has 7 nitrogen and oxygen atoms in total. The Balaban J connectivity index is 1.83. The Morgan fingerprint density at radius 1 is 1.04 bits per heavy atom. The maximum absolute atomic E-state index is 12.8. The minimum absolute atomic E-state index is 0.222. The van der Waals surface area contributed by atoms with Gasteiger partial charge in [0.1, 0.15) is 0 Å². The number of carbonyl (C=O) groups is 1. The number of ether oxygens (including phenoxy) is 3. The number of hydrogen-bond acceptors (Lipinski definition) is 5. The lowest BCUT2D eigenvalue weighted by atomic mass is 10.1. The SMILES string of the molecule is CCOc1cc(C(=O)NCc2cnn3ccccc23)cc(OCC)c1OCC. The van der Waals surface area contributed by atoms with E-state index in [1.54, 1.807) is 22.8 Å². The lowest BCUT2D eigenvalue weighted by Crippen LogP contribution is -2.23. The number of aromatic nitrogens is 2. The van der Waals surface area contributed by atoms with Crippen molar-refractivity contribution in [3.05, 3.63) is 53.9 Å². The van der Waals surface area contributed by atoms with E-state index in [2.05, 4.69) is 10.4 Å². The van der Waals surface area contributed by atoms with Crippen molar-refractivity contribution in [1.82, 2.24) is 14.9 Å². The predicted octanol–water partition coefficient (Wildman–Crippen LogP) is 3.46. The summed E-state index contributed by atoms with van der Waals surface area (Å²) in [6.45, 7) is 7.41. The Bertz CT molecular complexity index is 925. The molecule has 7 heteroatoms.